The molecule has 0 saturated carbocycles. The first-order chi connectivity index (χ1) is 10.4. The highest BCUT2D eigenvalue weighted by atomic mass is 16.2. The summed E-state index contributed by atoms with van der Waals surface area (Å²) in [6.07, 6.45) is 6.94. The van der Waals surface area contributed by atoms with Crippen LogP contribution >= 0.6 is 0 Å². The third kappa shape index (κ3) is 3.44. The monoisotopic (exact) mass is 301 g/mol. The molecule has 0 N–H and O–H groups in total. The molecule has 2 heterocycles. The van der Waals surface area contributed by atoms with Crippen molar-refractivity contribution in [2.75, 3.05) is 7.05 Å². The second kappa shape index (κ2) is 6.60. The molecule has 0 unspecified atom stereocenters. The molecule has 0 bridgehead atoms. The molecule has 2 aromatic heterocycles. The molecule has 0 aromatic carbocycles. The normalized spacial score (nSPS) is 11.3. The van der Waals surface area contributed by atoms with Crippen LogP contribution in [0.25, 0.3) is 6.08 Å². The first kappa shape index (κ1) is 16.0. The van der Waals surface area contributed by atoms with Gasteiger partial charge in [0.1, 0.15) is 0 Å². The lowest BCUT2D eigenvalue weighted by Gasteiger charge is -2.15. The van der Waals surface area contributed by atoms with Gasteiger partial charge in [-0.05, 0) is 26.8 Å². The summed E-state index contributed by atoms with van der Waals surface area (Å²) in [5, 5.41) is 8.56. The summed E-state index contributed by atoms with van der Waals surface area (Å²) in [6, 6.07) is 0. The Morgan fingerprint density at radius 3 is 2.68 bits per heavy atom. The SMILES string of the molecule is CCn1nc(C)c(CN(C)C(=O)/C=C/c2cnn(C)c2)c1C. The Balaban J connectivity index is 2.05. The Hall–Kier alpha value is -2.37. The van der Waals surface area contributed by atoms with Gasteiger partial charge in [0.05, 0.1) is 11.9 Å². The second-order valence-electron chi connectivity index (χ2n) is 5.44. The van der Waals surface area contributed by atoms with Crippen molar-refractivity contribution in [2.24, 2.45) is 7.05 Å². The fraction of sp³-hybridized carbons (Fsp3) is 0.438. The van der Waals surface area contributed by atoms with Crippen LogP contribution in [-0.2, 0) is 24.9 Å². The van der Waals surface area contributed by atoms with Gasteiger partial charge in [0.25, 0.3) is 0 Å². The number of likely N-dealkylation sites (N-methyl/N-ethyl adjacent to an activating group) is 1. The van der Waals surface area contributed by atoms with Gasteiger partial charge < -0.3 is 4.90 Å². The number of hydrogen-bond acceptors (Lipinski definition) is 3. The van der Waals surface area contributed by atoms with Crippen LogP contribution in [0.4, 0.5) is 0 Å². The molecule has 6 nitrogen and oxygen atoms in total. The maximum absolute atomic E-state index is 12.2. The zero-order valence-electron chi connectivity index (χ0n) is 13.9. The molecule has 0 atom stereocenters. The van der Waals surface area contributed by atoms with Crippen molar-refractivity contribution in [3.05, 3.63) is 41.0 Å². The van der Waals surface area contributed by atoms with E-state index >= 15 is 0 Å². The quantitative estimate of drug-likeness (QED) is 0.793. The first-order valence-corrected chi connectivity index (χ1v) is 7.37. The molecule has 0 fully saturated rings. The van der Waals surface area contributed by atoms with E-state index in [0.29, 0.717) is 6.54 Å². The van der Waals surface area contributed by atoms with Crippen LogP contribution in [0.5, 0.6) is 0 Å². The Morgan fingerprint density at radius 1 is 1.41 bits per heavy atom. The van der Waals surface area contributed by atoms with Gasteiger partial charge in [-0.1, -0.05) is 0 Å². The number of amides is 1. The number of aromatic nitrogens is 4. The lowest BCUT2D eigenvalue weighted by Crippen LogP contribution is -2.24. The van der Waals surface area contributed by atoms with Crippen molar-refractivity contribution in [3.63, 3.8) is 0 Å². The van der Waals surface area contributed by atoms with Crippen LogP contribution in [0.15, 0.2) is 18.5 Å². The van der Waals surface area contributed by atoms with E-state index in [2.05, 4.69) is 17.1 Å². The van der Waals surface area contributed by atoms with E-state index < -0.39 is 0 Å². The van der Waals surface area contributed by atoms with E-state index in [1.165, 1.54) is 0 Å². The van der Waals surface area contributed by atoms with E-state index in [0.717, 1.165) is 29.1 Å². The van der Waals surface area contributed by atoms with E-state index in [4.69, 9.17) is 0 Å². The molecule has 6 heteroatoms. The van der Waals surface area contributed by atoms with Gasteiger partial charge in [0, 0.05) is 56.3 Å². The van der Waals surface area contributed by atoms with E-state index in [1.807, 2.05) is 31.8 Å². The van der Waals surface area contributed by atoms with Crippen LogP contribution in [0.3, 0.4) is 0 Å². The molecule has 0 aliphatic carbocycles. The third-order valence-corrected chi connectivity index (χ3v) is 3.75. The average Bonchev–Trinajstić information content (AvgIpc) is 3.02. The molecular formula is C16H23N5O. The van der Waals surface area contributed by atoms with Gasteiger partial charge in [-0.15, -0.1) is 0 Å². The molecule has 2 rings (SSSR count). The summed E-state index contributed by atoms with van der Waals surface area (Å²) >= 11 is 0. The van der Waals surface area contributed by atoms with Crippen LogP contribution in [0.1, 0.15) is 29.4 Å². The maximum Gasteiger partial charge on any atom is 0.246 e. The smallest absolute Gasteiger partial charge is 0.246 e. The van der Waals surface area contributed by atoms with Gasteiger partial charge in [-0.2, -0.15) is 10.2 Å². The Kier molecular flexibility index (Phi) is 4.80. The lowest BCUT2D eigenvalue weighted by molar-refractivity contribution is -0.125. The van der Waals surface area contributed by atoms with Crippen LogP contribution in [-0.4, -0.2) is 37.4 Å². The predicted octanol–water partition coefficient (Wildman–Crippen LogP) is 1.93. The highest BCUT2D eigenvalue weighted by Gasteiger charge is 2.14. The standard InChI is InChI=1S/C16H23N5O/c1-6-21-13(3)15(12(2)18-21)11-19(4)16(22)8-7-14-9-17-20(5)10-14/h7-10H,6,11H2,1-5H3/b8-7+. The van der Waals surface area contributed by atoms with E-state index in [9.17, 15) is 4.79 Å². The molecule has 2 aromatic rings. The average molecular weight is 301 g/mol. The van der Waals surface area contributed by atoms with E-state index in [1.54, 1.807) is 35.0 Å². The van der Waals surface area contributed by atoms with Crippen molar-refractivity contribution in [1.82, 2.24) is 24.5 Å². The first-order valence-electron chi connectivity index (χ1n) is 7.37. The summed E-state index contributed by atoms with van der Waals surface area (Å²) in [6.45, 7) is 7.49. The van der Waals surface area contributed by atoms with Gasteiger partial charge in [0.2, 0.25) is 5.91 Å². The van der Waals surface area contributed by atoms with Crippen molar-refractivity contribution >= 4 is 12.0 Å². The predicted molar refractivity (Wildman–Crippen MR) is 86.1 cm³/mol. The van der Waals surface area contributed by atoms with Crippen LogP contribution in [0.2, 0.25) is 0 Å². The fourth-order valence-electron chi connectivity index (χ4n) is 2.41. The summed E-state index contributed by atoms with van der Waals surface area (Å²) in [7, 11) is 3.65. The van der Waals surface area contributed by atoms with Gasteiger partial charge in [-0.3, -0.25) is 14.2 Å². The third-order valence-electron chi connectivity index (χ3n) is 3.75. The second-order valence-corrected chi connectivity index (χ2v) is 5.44. The zero-order chi connectivity index (χ0) is 16.3. The molecular weight excluding hydrogens is 278 g/mol. The van der Waals surface area contributed by atoms with Crippen molar-refractivity contribution in [2.45, 2.75) is 33.9 Å². The topological polar surface area (TPSA) is 56.0 Å². The lowest BCUT2D eigenvalue weighted by atomic mass is 10.2. The largest absolute Gasteiger partial charge is 0.338 e. The summed E-state index contributed by atoms with van der Waals surface area (Å²) in [4.78, 5) is 13.9. The summed E-state index contributed by atoms with van der Waals surface area (Å²) in [5.41, 5.74) is 4.13. The van der Waals surface area contributed by atoms with Crippen molar-refractivity contribution in [3.8, 4) is 0 Å². The molecule has 0 saturated heterocycles. The summed E-state index contributed by atoms with van der Waals surface area (Å²) < 4.78 is 3.67. The zero-order valence-corrected chi connectivity index (χ0v) is 13.9. The fourth-order valence-corrected chi connectivity index (χ4v) is 2.41. The molecule has 0 radical (unpaired) electrons. The van der Waals surface area contributed by atoms with Crippen molar-refractivity contribution in [1.29, 1.82) is 0 Å². The number of nitrogens with zero attached hydrogens (tertiary/aromatic N) is 5. The van der Waals surface area contributed by atoms with Crippen LogP contribution < -0.4 is 0 Å². The number of carbonyl (C=O) groups is 1. The van der Waals surface area contributed by atoms with Gasteiger partial charge >= 0.3 is 0 Å². The minimum atomic E-state index is -0.0353. The Morgan fingerprint density at radius 2 is 2.14 bits per heavy atom. The van der Waals surface area contributed by atoms with Gasteiger partial charge in [-0.25, -0.2) is 0 Å². The molecule has 1 amide bonds. The van der Waals surface area contributed by atoms with Crippen molar-refractivity contribution < 1.29 is 4.79 Å². The van der Waals surface area contributed by atoms with E-state index in [-0.39, 0.29) is 5.91 Å². The molecule has 22 heavy (non-hydrogen) atoms. The molecule has 0 spiro atoms. The number of rotatable bonds is 5. The van der Waals surface area contributed by atoms with Gasteiger partial charge in [0.15, 0.2) is 0 Å². The highest BCUT2D eigenvalue weighted by molar-refractivity contribution is 5.91. The Labute approximate surface area is 131 Å². The molecule has 0 aliphatic heterocycles. The summed E-state index contributed by atoms with van der Waals surface area (Å²) in [5.74, 6) is -0.0353. The number of aryl methyl sites for hydroxylation is 3. The number of carbonyl (C=O) groups excluding carboxylic acids is 1. The minimum Gasteiger partial charge on any atom is -0.338 e. The molecule has 118 valence electrons. The minimum absolute atomic E-state index is 0.0353. The highest BCUT2D eigenvalue weighted by Crippen LogP contribution is 2.15. The van der Waals surface area contributed by atoms with Crippen LogP contribution in [0, 0.1) is 13.8 Å². The maximum atomic E-state index is 12.2. The Bertz CT molecular complexity index is 695. The molecule has 0 aliphatic rings. The number of hydrogen-bond donors (Lipinski definition) is 0.